The lowest BCUT2D eigenvalue weighted by Gasteiger charge is -2.17. The van der Waals surface area contributed by atoms with E-state index in [-0.39, 0.29) is 55.8 Å². The topological polar surface area (TPSA) is 43.6 Å². The molecule has 0 atom stereocenters. The summed E-state index contributed by atoms with van der Waals surface area (Å²) in [6, 6.07) is 11.8. The van der Waals surface area contributed by atoms with Crippen LogP contribution in [0, 0.1) is 0 Å². The zero-order chi connectivity index (χ0) is 59.7. The van der Waals surface area contributed by atoms with E-state index >= 15 is 0 Å². The lowest BCUT2D eigenvalue weighted by Crippen LogP contribution is -2.04. The Balaban J connectivity index is 1.32. The summed E-state index contributed by atoms with van der Waals surface area (Å²) in [6.07, 6.45) is 0. The lowest BCUT2D eigenvalue weighted by atomic mass is 9.97. The van der Waals surface area contributed by atoms with Crippen molar-refractivity contribution in [1.82, 2.24) is 19.5 Å². The summed E-state index contributed by atoms with van der Waals surface area (Å²) in [4.78, 5) is 14.6. The van der Waals surface area contributed by atoms with Gasteiger partial charge < -0.3 is 4.57 Å². The highest BCUT2D eigenvalue weighted by Gasteiger charge is 2.21. The number of benzene rings is 9. The molecule has 0 amide bonds. The molecule has 0 N–H and O–H groups in total. The molecule has 0 saturated carbocycles. The second-order valence-corrected chi connectivity index (χ2v) is 13.6. The van der Waals surface area contributed by atoms with Crippen LogP contribution in [0.3, 0.4) is 0 Å². The fraction of sp³-hybridized carbons (Fsp3) is 0. The normalized spacial score (nSPS) is 16.3. The van der Waals surface area contributed by atoms with Gasteiger partial charge in [-0.15, -0.1) is 0 Å². The van der Waals surface area contributed by atoms with Crippen LogP contribution in [0.1, 0.15) is 30.2 Å². The van der Waals surface area contributed by atoms with Crippen molar-refractivity contribution in [3.8, 4) is 84.4 Å². The highest BCUT2D eigenvalue weighted by atomic mass is 15.1. The second kappa shape index (κ2) is 15.5. The Morgan fingerprint density at radius 2 is 0.836 bits per heavy atom. The van der Waals surface area contributed by atoms with Gasteiger partial charge in [0.1, 0.15) is 0 Å². The predicted molar refractivity (Wildman–Crippen MR) is 252 cm³/mol. The molecule has 0 saturated heterocycles. The number of nitrogens with zero attached hydrogens (tertiary/aromatic N) is 4. The second-order valence-electron chi connectivity index (χ2n) is 13.6. The molecule has 286 valence electrons. The largest absolute Gasteiger partial charge is 0.308 e. The molecule has 0 aliphatic heterocycles. The van der Waals surface area contributed by atoms with E-state index in [0.717, 1.165) is 5.56 Å². The van der Waals surface area contributed by atoms with Crippen molar-refractivity contribution in [3.63, 3.8) is 0 Å². The van der Waals surface area contributed by atoms with Crippen LogP contribution < -0.4 is 0 Å². The smallest absolute Gasteiger partial charge is 0.166 e. The Morgan fingerprint density at radius 1 is 0.328 bits per heavy atom. The van der Waals surface area contributed by atoms with Crippen LogP contribution in [-0.2, 0) is 0 Å². The van der Waals surface area contributed by atoms with Gasteiger partial charge in [-0.25, -0.2) is 15.0 Å². The Morgan fingerprint density at radius 3 is 1.56 bits per heavy atom. The maximum absolute atomic E-state index is 10.0. The minimum Gasteiger partial charge on any atom is -0.308 e. The molecular formula is C57H38N4. The maximum Gasteiger partial charge on any atom is 0.166 e. The van der Waals surface area contributed by atoms with E-state index in [1.165, 1.54) is 16.7 Å². The number of rotatable bonds is 8. The molecule has 61 heavy (non-hydrogen) atoms. The summed E-state index contributed by atoms with van der Waals surface area (Å²) >= 11 is 0. The fourth-order valence-electron chi connectivity index (χ4n) is 7.16. The molecule has 0 aliphatic rings. The van der Waals surface area contributed by atoms with Gasteiger partial charge in [0.2, 0.25) is 0 Å². The van der Waals surface area contributed by atoms with Crippen LogP contribution >= 0.6 is 0 Å². The number of hydrogen-bond acceptors (Lipinski definition) is 3. The van der Waals surface area contributed by atoms with E-state index in [2.05, 4.69) is 0 Å². The van der Waals surface area contributed by atoms with Gasteiger partial charge in [0.25, 0.3) is 0 Å². The molecule has 0 radical (unpaired) electrons. The molecule has 0 unspecified atom stereocenters. The van der Waals surface area contributed by atoms with Crippen molar-refractivity contribution in [2.75, 3.05) is 0 Å². The monoisotopic (exact) mass is 800 g/mol. The van der Waals surface area contributed by atoms with Crippen molar-refractivity contribution >= 4 is 21.8 Å². The zero-order valence-electron chi connectivity index (χ0n) is 53.5. The lowest BCUT2D eigenvalue weighted by molar-refractivity contribution is 1.06. The summed E-state index contributed by atoms with van der Waals surface area (Å²) < 4.78 is 196. The third-order valence-corrected chi connectivity index (χ3v) is 9.96. The van der Waals surface area contributed by atoms with Crippen LogP contribution in [0.4, 0.5) is 0 Å². The van der Waals surface area contributed by atoms with Gasteiger partial charge in [0.05, 0.1) is 46.9 Å². The summed E-state index contributed by atoms with van der Waals surface area (Å²) in [5.74, 6) is -0.833. The molecular weight excluding hydrogens is 741 g/mol. The van der Waals surface area contributed by atoms with E-state index in [1.807, 2.05) is 36.4 Å². The summed E-state index contributed by atoms with van der Waals surface area (Å²) in [7, 11) is 0. The molecule has 11 aromatic rings. The third-order valence-electron chi connectivity index (χ3n) is 9.96. The molecule has 2 heterocycles. The van der Waals surface area contributed by atoms with Gasteiger partial charge in [-0.2, -0.15) is 0 Å². The molecule has 0 fully saturated rings. The fourth-order valence-corrected chi connectivity index (χ4v) is 7.16. The van der Waals surface area contributed by atoms with Gasteiger partial charge in [0.15, 0.2) is 17.5 Å². The van der Waals surface area contributed by atoms with Crippen LogP contribution in [0.2, 0.25) is 0 Å². The van der Waals surface area contributed by atoms with E-state index < -0.39 is 155 Å². The minimum absolute atomic E-state index is 0.0800. The standard InChI is InChI=1S/C57H38N4/c1-5-17-39(18-6-1)43-25-15-27-45(35-43)46-32-34-53(61-52-30-14-13-29-49(52)50-33-31-47(38-54(50)61)41-21-9-3-10-22-41)51(37-46)57-59-55(42-23-11-4-12-24-42)58-56(60-57)48-28-16-26-44(36-48)40-19-7-2-8-20-40/h1-38H/i1D,3D,4D,5D,6D,9D,10D,11D,12D,13D,14D,17D,18D,21D,22D,23D,24D,29D,30D,31D,33D,38D. The molecule has 9 aromatic carbocycles. The molecule has 11 rings (SSSR count). The van der Waals surface area contributed by atoms with Gasteiger partial charge in [-0.3, -0.25) is 0 Å². The highest BCUT2D eigenvalue weighted by molar-refractivity contribution is 6.10. The van der Waals surface area contributed by atoms with Gasteiger partial charge >= 0.3 is 0 Å². The average molecular weight is 801 g/mol. The first-order valence-electron chi connectivity index (χ1n) is 29.8. The van der Waals surface area contributed by atoms with Crippen molar-refractivity contribution in [1.29, 1.82) is 0 Å². The summed E-state index contributed by atoms with van der Waals surface area (Å²) in [6.45, 7) is 0. The Kier molecular flexibility index (Phi) is 5.01. The first-order chi connectivity index (χ1) is 39.4. The van der Waals surface area contributed by atoms with E-state index in [1.54, 1.807) is 48.5 Å². The first-order valence-corrected chi connectivity index (χ1v) is 18.8. The minimum atomic E-state index is -0.811. The van der Waals surface area contributed by atoms with Crippen LogP contribution in [0.25, 0.3) is 106 Å². The van der Waals surface area contributed by atoms with Crippen molar-refractivity contribution in [2.45, 2.75) is 0 Å². The van der Waals surface area contributed by atoms with Crippen LogP contribution in [0.5, 0.6) is 0 Å². The average Bonchev–Trinajstić information content (AvgIpc) is 3.99. The quantitative estimate of drug-likeness (QED) is 0.154. The Bertz CT molecular complexity index is 4570. The molecule has 0 bridgehead atoms. The number of hydrogen-bond donors (Lipinski definition) is 0. The zero-order valence-corrected chi connectivity index (χ0v) is 31.5. The SMILES string of the molecule is [2H]c1c([2H])c([2H])c(-c2cccc(-c3ccc(-n4c5c([2H])c([2H])c([2H])c([2H])c5c5c([2H])c([2H])c(-c6c([2H])c([2H])c([2H])c([2H])c6[2H])c([2H])c54)c(-c4nc(-c5cccc(-c6ccccc6)c5)nc(-c5c([2H])c([2H])c([2H])c([2H])c5[2H])n4)c3)c2)c([2H])c1[2H]. The third kappa shape index (κ3) is 6.86. The molecule has 4 nitrogen and oxygen atoms in total. The van der Waals surface area contributed by atoms with Crippen molar-refractivity contribution in [3.05, 3.63) is 230 Å². The van der Waals surface area contributed by atoms with E-state index in [0.29, 0.717) is 22.3 Å². The van der Waals surface area contributed by atoms with Crippen molar-refractivity contribution < 1.29 is 30.2 Å². The van der Waals surface area contributed by atoms with Crippen LogP contribution in [-0.4, -0.2) is 19.5 Å². The Labute approximate surface area is 385 Å². The van der Waals surface area contributed by atoms with Gasteiger partial charge in [-0.05, 0) is 80.9 Å². The molecule has 2 aromatic heterocycles. The molecule has 0 spiro atoms. The highest BCUT2D eigenvalue weighted by Crippen LogP contribution is 2.40. The number of para-hydroxylation sites is 1. The van der Waals surface area contributed by atoms with Gasteiger partial charge in [-0.1, -0.05) is 194 Å². The predicted octanol–water partition coefficient (Wildman–Crippen LogP) is 14.6. The van der Waals surface area contributed by atoms with Gasteiger partial charge in [0, 0.05) is 27.5 Å². The Hall–Kier alpha value is -8.21. The summed E-state index contributed by atoms with van der Waals surface area (Å²) in [5.41, 5.74) is 0.0175. The molecule has 4 heteroatoms. The first kappa shape index (κ1) is 19.7. The van der Waals surface area contributed by atoms with Crippen LogP contribution in [0.15, 0.2) is 230 Å². The van der Waals surface area contributed by atoms with E-state index in [4.69, 9.17) is 38.3 Å². The number of aromatic nitrogens is 4. The summed E-state index contributed by atoms with van der Waals surface area (Å²) in [5, 5.41) is -0.686. The van der Waals surface area contributed by atoms with Crippen molar-refractivity contribution in [2.24, 2.45) is 0 Å². The number of fused-ring (bicyclic) bond motifs is 3. The molecule has 0 aliphatic carbocycles. The maximum atomic E-state index is 10.0. The van der Waals surface area contributed by atoms with E-state index in [9.17, 15) is 6.85 Å².